The van der Waals surface area contributed by atoms with E-state index in [1.165, 1.54) is 23.9 Å². The van der Waals surface area contributed by atoms with Gasteiger partial charge in [0.15, 0.2) is 11.0 Å². The standard InChI is InChI=1S/C25H22F2N4O2S/c1-17-7-11-20(12-8-17)31-23(19-5-3-2-4-6-19)29-30-25(31)34-16-22(32)28-15-18-9-13-21(14-10-18)33-24(26)27/h2-14,24H,15-16H2,1H3,(H,28,32). The maximum atomic E-state index is 12.5. The molecule has 0 aliphatic rings. The lowest BCUT2D eigenvalue weighted by Crippen LogP contribution is -2.24. The van der Waals surface area contributed by atoms with Crippen molar-refractivity contribution < 1.29 is 18.3 Å². The lowest BCUT2D eigenvalue weighted by Gasteiger charge is -2.11. The van der Waals surface area contributed by atoms with E-state index in [2.05, 4.69) is 20.3 Å². The average molecular weight is 481 g/mol. The quantitative estimate of drug-likeness (QED) is 0.331. The molecule has 0 radical (unpaired) electrons. The second kappa shape index (κ2) is 10.9. The van der Waals surface area contributed by atoms with Gasteiger partial charge in [-0.15, -0.1) is 10.2 Å². The molecular weight excluding hydrogens is 458 g/mol. The molecule has 0 spiro atoms. The van der Waals surface area contributed by atoms with Crippen molar-refractivity contribution in [3.05, 3.63) is 90.0 Å². The fourth-order valence-corrected chi connectivity index (χ4v) is 4.02. The van der Waals surface area contributed by atoms with Gasteiger partial charge in [0.2, 0.25) is 5.91 Å². The highest BCUT2D eigenvalue weighted by Crippen LogP contribution is 2.28. The molecule has 1 aromatic heterocycles. The van der Waals surface area contributed by atoms with Crippen molar-refractivity contribution in [2.75, 3.05) is 5.75 Å². The Morgan fingerprint density at radius 3 is 2.38 bits per heavy atom. The number of nitrogens with one attached hydrogen (secondary N) is 1. The monoisotopic (exact) mass is 480 g/mol. The predicted octanol–water partition coefficient (Wildman–Crippen LogP) is 5.25. The Hall–Kier alpha value is -3.72. The van der Waals surface area contributed by atoms with Crippen molar-refractivity contribution >= 4 is 17.7 Å². The summed E-state index contributed by atoms with van der Waals surface area (Å²) in [6.45, 7) is -0.575. The normalized spacial score (nSPS) is 10.9. The fraction of sp³-hybridized carbons (Fsp3) is 0.160. The minimum absolute atomic E-state index is 0.0743. The zero-order valence-electron chi connectivity index (χ0n) is 18.3. The summed E-state index contributed by atoms with van der Waals surface area (Å²) < 4.78 is 30.8. The summed E-state index contributed by atoms with van der Waals surface area (Å²) in [6, 6.07) is 23.9. The van der Waals surface area contributed by atoms with Crippen LogP contribution in [-0.2, 0) is 11.3 Å². The summed E-state index contributed by atoms with van der Waals surface area (Å²) in [5.74, 6) is 0.729. The van der Waals surface area contributed by atoms with Crippen molar-refractivity contribution in [2.24, 2.45) is 0 Å². The second-order valence-corrected chi connectivity index (χ2v) is 8.37. The van der Waals surface area contributed by atoms with Crippen LogP contribution in [-0.4, -0.2) is 33.0 Å². The molecule has 0 saturated heterocycles. The van der Waals surface area contributed by atoms with Gasteiger partial charge in [-0.2, -0.15) is 8.78 Å². The van der Waals surface area contributed by atoms with E-state index in [-0.39, 0.29) is 24.0 Å². The number of nitrogens with zero attached hydrogens (tertiary/aromatic N) is 3. The van der Waals surface area contributed by atoms with Gasteiger partial charge in [0.1, 0.15) is 5.75 Å². The number of carbonyl (C=O) groups is 1. The molecule has 174 valence electrons. The zero-order chi connectivity index (χ0) is 23.9. The number of halogens is 2. The van der Waals surface area contributed by atoms with E-state index >= 15 is 0 Å². The Labute approximate surface area is 200 Å². The molecule has 34 heavy (non-hydrogen) atoms. The third kappa shape index (κ3) is 5.99. The molecule has 3 aromatic carbocycles. The van der Waals surface area contributed by atoms with Crippen LogP contribution in [0.1, 0.15) is 11.1 Å². The number of ether oxygens (including phenoxy) is 1. The number of aryl methyl sites for hydroxylation is 1. The van der Waals surface area contributed by atoms with Crippen LogP contribution < -0.4 is 10.1 Å². The highest BCUT2D eigenvalue weighted by atomic mass is 32.2. The lowest BCUT2D eigenvalue weighted by atomic mass is 10.2. The molecule has 0 aliphatic carbocycles. The first kappa shape index (κ1) is 23.4. The van der Waals surface area contributed by atoms with Crippen molar-refractivity contribution in [1.29, 1.82) is 0 Å². The molecule has 0 aliphatic heterocycles. The smallest absolute Gasteiger partial charge is 0.387 e. The van der Waals surface area contributed by atoms with Crippen LogP contribution in [0, 0.1) is 6.92 Å². The van der Waals surface area contributed by atoms with Gasteiger partial charge in [0.25, 0.3) is 0 Å². The minimum Gasteiger partial charge on any atom is -0.435 e. The Morgan fingerprint density at radius 2 is 1.71 bits per heavy atom. The molecule has 4 rings (SSSR count). The molecule has 4 aromatic rings. The van der Waals surface area contributed by atoms with Gasteiger partial charge in [-0.25, -0.2) is 0 Å². The number of hydrogen-bond donors (Lipinski definition) is 1. The number of benzene rings is 3. The first-order valence-corrected chi connectivity index (χ1v) is 11.5. The van der Waals surface area contributed by atoms with Gasteiger partial charge in [-0.1, -0.05) is 71.9 Å². The van der Waals surface area contributed by atoms with E-state index in [9.17, 15) is 13.6 Å². The zero-order valence-corrected chi connectivity index (χ0v) is 19.1. The fourth-order valence-electron chi connectivity index (χ4n) is 3.23. The summed E-state index contributed by atoms with van der Waals surface area (Å²) in [5.41, 5.74) is 3.74. The van der Waals surface area contributed by atoms with Crippen molar-refractivity contribution in [3.63, 3.8) is 0 Å². The Balaban J connectivity index is 1.43. The molecule has 9 heteroatoms. The summed E-state index contributed by atoms with van der Waals surface area (Å²) in [6.07, 6.45) is 0. The summed E-state index contributed by atoms with van der Waals surface area (Å²) in [7, 11) is 0. The van der Waals surface area contributed by atoms with Crippen LogP contribution in [0.4, 0.5) is 8.78 Å². The number of rotatable bonds is 9. The molecule has 1 amide bonds. The maximum Gasteiger partial charge on any atom is 0.387 e. The van der Waals surface area contributed by atoms with Crippen LogP contribution in [0.2, 0.25) is 0 Å². The van der Waals surface area contributed by atoms with E-state index in [0.717, 1.165) is 22.4 Å². The van der Waals surface area contributed by atoms with Gasteiger partial charge in [0.05, 0.1) is 5.75 Å². The molecule has 0 fully saturated rings. The Kier molecular flexibility index (Phi) is 7.54. The van der Waals surface area contributed by atoms with Crippen LogP contribution in [0.5, 0.6) is 5.75 Å². The number of amides is 1. The molecule has 0 saturated carbocycles. The van der Waals surface area contributed by atoms with Crippen LogP contribution in [0.15, 0.2) is 84.0 Å². The first-order chi connectivity index (χ1) is 16.5. The number of hydrogen-bond acceptors (Lipinski definition) is 5. The Morgan fingerprint density at radius 1 is 1.00 bits per heavy atom. The van der Waals surface area contributed by atoms with Crippen LogP contribution in [0.3, 0.4) is 0 Å². The maximum absolute atomic E-state index is 12.5. The number of carbonyl (C=O) groups excluding carboxylic acids is 1. The number of alkyl halides is 2. The van der Waals surface area contributed by atoms with E-state index in [1.807, 2.05) is 66.1 Å². The summed E-state index contributed by atoms with van der Waals surface area (Å²) >= 11 is 1.29. The molecule has 0 bridgehead atoms. The predicted molar refractivity (Wildman–Crippen MR) is 127 cm³/mol. The van der Waals surface area contributed by atoms with Crippen LogP contribution in [0.25, 0.3) is 17.1 Å². The summed E-state index contributed by atoms with van der Waals surface area (Å²) in [5, 5.41) is 12.1. The molecular formula is C25H22F2N4O2S. The average Bonchev–Trinajstić information content (AvgIpc) is 3.27. The van der Waals surface area contributed by atoms with E-state index in [0.29, 0.717) is 11.0 Å². The lowest BCUT2D eigenvalue weighted by molar-refractivity contribution is -0.118. The highest BCUT2D eigenvalue weighted by Gasteiger charge is 2.17. The number of aromatic nitrogens is 3. The largest absolute Gasteiger partial charge is 0.435 e. The molecule has 0 atom stereocenters. The van der Waals surface area contributed by atoms with Gasteiger partial charge in [-0.05, 0) is 36.8 Å². The van der Waals surface area contributed by atoms with E-state index in [1.54, 1.807) is 12.1 Å². The van der Waals surface area contributed by atoms with Crippen molar-refractivity contribution in [2.45, 2.75) is 25.2 Å². The van der Waals surface area contributed by atoms with Gasteiger partial charge >= 0.3 is 6.61 Å². The topological polar surface area (TPSA) is 69.0 Å². The number of thioether (sulfide) groups is 1. The van der Waals surface area contributed by atoms with Crippen LogP contribution >= 0.6 is 11.8 Å². The summed E-state index contributed by atoms with van der Waals surface area (Å²) in [4.78, 5) is 12.5. The highest BCUT2D eigenvalue weighted by molar-refractivity contribution is 7.99. The molecule has 1 N–H and O–H groups in total. The molecule has 0 unspecified atom stereocenters. The van der Waals surface area contributed by atoms with Crippen molar-refractivity contribution in [1.82, 2.24) is 20.1 Å². The van der Waals surface area contributed by atoms with Crippen molar-refractivity contribution in [3.8, 4) is 22.8 Å². The Bertz CT molecular complexity index is 1230. The van der Waals surface area contributed by atoms with Gasteiger partial charge in [0, 0.05) is 17.8 Å². The van der Waals surface area contributed by atoms with Gasteiger partial charge < -0.3 is 10.1 Å². The van der Waals surface area contributed by atoms with E-state index < -0.39 is 6.61 Å². The third-order valence-corrected chi connectivity index (χ3v) is 5.86. The second-order valence-electron chi connectivity index (χ2n) is 7.43. The SMILES string of the molecule is Cc1ccc(-n2c(SCC(=O)NCc3ccc(OC(F)F)cc3)nnc2-c2ccccc2)cc1. The van der Waals surface area contributed by atoms with Gasteiger partial charge in [-0.3, -0.25) is 9.36 Å². The van der Waals surface area contributed by atoms with E-state index in [4.69, 9.17) is 0 Å². The third-order valence-electron chi connectivity index (χ3n) is 4.93. The first-order valence-electron chi connectivity index (χ1n) is 10.5. The molecule has 1 heterocycles. The molecule has 6 nitrogen and oxygen atoms in total. The minimum atomic E-state index is -2.87.